The number of piperidine rings is 1. The van der Waals surface area contributed by atoms with E-state index >= 15 is 0 Å². The average molecular weight is 476 g/mol. The summed E-state index contributed by atoms with van der Waals surface area (Å²) in [5.74, 6) is -0.231. The number of pyridine rings is 1. The highest BCUT2D eigenvalue weighted by molar-refractivity contribution is 5.76. The number of rotatable bonds is 7. The van der Waals surface area contributed by atoms with Crippen molar-refractivity contribution in [2.24, 2.45) is 0 Å². The Bertz CT molecular complexity index is 1120. The maximum atomic E-state index is 13.1. The van der Waals surface area contributed by atoms with Crippen LogP contribution in [-0.4, -0.2) is 46.9 Å². The summed E-state index contributed by atoms with van der Waals surface area (Å²) in [5, 5.41) is 0. The van der Waals surface area contributed by atoms with E-state index in [2.05, 4.69) is 4.98 Å². The van der Waals surface area contributed by atoms with Crippen LogP contribution in [0.15, 0.2) is 79.1 Å². The number of carbonyl (C=O) groups excluding carboxylic acids is 2. The van der Waals surface area contributed by atoms with Gasteiger partial charge >= 0.3 is 6.09 Å². The van der Waals surface area contributed by atoms with Crippen molar-refractivity contribution in [3.05, 3.63) is 102 Å². The lowest BCUT2D eigenvalue weighted by Gasteiger charge is -2.42. The molecule has 2 heterocycles. The number of aromatic nitrogens is 1. The maximum absolute atomic E-state index is 13.1. The third-order valence-electron chi connectivity index (χ3n) is 6.50. The van der Waals surface area contributed by atoms with Crippen molar-refractivity contribution in [3.63, 3.8) is 0 Å². The van der Waals surface area contributed by atoms with Gasteiger partial charge in [-0.3, -0.25) is 9.78 Å². The summed E-state index contributed by atoms with van der Waals surface area (Å²) in [6, 6.07) is 19.7. The van der Waals surface area contributed by atoms with Crippen LogP contribution in [0, 0.1) is 5.82 Å². The van der Waals surface area contributed by atoms with Crippen LogP contribution in [0.3, 0.4) is 0 Å². The van der Waals surface area contributed by atoms with Crippen molar-refractivity contribution in [2.75, 3.05) is 20.1 Å². The Morgan fingerprint density at radius 1 is 1.00 bits per heavy atom. The maximum Gasteiger partial charge on any atom is 0.410 e. The number of nitrogens with zero attached hydrogens (tertiary/aromatic N) is 3. The van der Waals surface area contributed by atoms with Crippen molar-refractivity contribution in [1.29, 1.82) is 0 Å². The van der Waals surface area contributed by atoms with Gasteiger partial charge in [0.05, 0.1) is 6.54 Å². The molecule has 35 heavy (non-hydrogen) atoms. The molecule has 0 unspecified atom stereocenters. The van der Waals surface area contributed by atoms with Gasteiger partial charge in [0.15, 0.2) is 0 Å². The SMILES string of the molecule is CN(Cc1cccnc1)C(=O)OC1(c2ccccc2)CCN(C(=O)CCc2ccc(F)cc2)CC1. The van der Waals surface area contributed by atoms with E-state index in [0.29, 0.717) is 45.3 Å². The van der Waals surface area contributed by atoms with E-state index in [0.717, 1.165) is 16.7 Å². The standard InChI is InChI=1S/C28H30FN3O3/c1-31(21-23-6-5-17-30-20-23)27(34)35-28(24-7-3-2-4-8-24)15-18-32(19-16-28)26(33)14-11-22-9-12-25(29)13-10-22/h2-10,12-13,17,20H,11,14-16,18-19,21H2,1H3. The molecule has 0 atom stereocenters. The normalized spacial score (nSPS) is 14.9. The molecular weight excluding hydrogens is 445 g/mol. The van der Waals surface area contributed by atoms with Gasteiger partial charge in [-0.25, -0.2) is 9.18 Å². The molecular formula is C28H30FN3O3. The summed E-state index contributed by atoms with van der Waals surface area (Å²) in [4.78, 5) is 33.4. The molecule has 1 aliphatic rings. The Balaban J connectivity index is 1.40. The first kappa shape index (κ1) is 24.4. The monoisotopic (exact) mass is 475 g/mol. The van der Waals surface area contributed by atoms with Crippen LogP contribution in [0.4, 0.5) is 9.18 Å². The zero-order valence-electron chi connectivity index (χ0n) is 19.9. The predicted molar refractivity (Wildman–Crippen MR) is 131 cm³/mol. The summed E-state index contributed by atoms with van der Waals surface area (Å²) in [7, 11) is 1.71. The van der Waals surface area contributed by atoms with Gasteiger partial charge in [-0.05, 0) is 41.3 Å². The minimum absolute atomic E-state index is 0.0519. The first-order valence-electron chi connectivity index (χ1n) is 11.9. The molecule has 6 nitrogen and oxygen atoms in total. The molecule has 0 N–H and O–H groups in total. The second kappa shape index (κ2) is 11.1. The highest BCUT2D eigenvalue weighted by Gasteiger charge is 2.41. The van der Waals surface area contributed by atoms with E-state index in [4.69, 9.17) is 4.74 Å². The summed E-state index contributed by atoms with van der Waals surface area (Å²) in [6.07, 6.45) is 4.98. The molecule has 4 rings (SSSR count). The fourth-order valence-corrected chi connectivity index (χ4v) is 4.44. The topological polar surface area (TPSA) is 62.7 Å². The third-order valence-corrected chi connectivity index (χ3v) is 6.50. The fraction of sp³-hybridized carbons (Fsp3) is 0.321. The molecule has 2 aromatic carbocycles. The van der Waals surface area contributed by atoms with E-state index in [9.17, 15) is 14.0 Å². The van der Waals surface area contributed by atoms with Gasteiger partial charge in [-0.1, -0.05) is 48.5 Å². The van der Waals surface area contributed by atoms with Crippen molar-refractivity contribution < 1.29 is 18.7 Å². The Hall–Kier alpha value is -3.74. The van der Waals surface area contributed by atoms with Crippen LogP contribution in [0.25, 0.3) is 0 Å². The number of carbonyl (C=O) groups is 2. The largest absolute Gasteiger partial charge is 0.438 e. The fourth-order valence-electron chi connectivity index (χ4n) is 4.44. The molecule has 1 saturated heterocycles. The molecule has 0 aliphatic carbocycles. The zero-order valence-corrected chi connectivity index (χ0v) is 19.9. The average Bonchev–Trinajstić information content (AvgIpc) is 2.89. The molecule has 1 aromatic heterocycles. The summed E-state index contributed by atoms with van der Waals surface area (Å²) in [6.45, 7) is 1.39. The van der Waals surface area contributed by atoms with Gasteiger partial charge in [-0.2, -0.15) is 0 Å². The van der Waals surface area contributed by atoms with Crippen LogP contribution in [0.1, 0.15) is 36.0 Å². The highest BCUT2D eigenvalue weighted by Crippen LogP contribution is 2.37. The number of hydrogen-bond acceptors (Lipinski definition) is 4. The van der Waals surface area contributed by atoms with Crippen molar-refractivity contribution in [1.82, 2.24) is 14.8 Å². The van der Waals surface area contributed by atoms with Gasteiger partial charge in [0.1, 0.15) is 11.4 Å². The molecule has 2 amide bonds. The minimum Gasteiger partial charge on any atom is -0.438 e. The Morgan fingerprint density at radius 2 is 1.71 bits per heavy atom. The van der Waals surface area contributed by atoms with E-state index in [-0.39, 0.29) is 11.7 Å². The molecule has 0 spiro atoms. The second-order valence-corrected chi connectivity index (χ2v) is 8.95. The number of halogens is 1. The number of likely N-dealkylation sites (tertiary alicyclic amines) is 1. The number of aryl methyl sites for hydroxylation is 1. The molecule has 1 aliphatic heterocycles. The molecule has 1 fully saturated rings. The lowest BCUT2D eigenvalue weighted by Crippen LogP contribution is -2.48. The van der Waals surface area contributed by atoms with Crippen LogP contribution in [0.5, 0.6) is 0 Å². The van der Waals surface area contributed by atoms with Crippen LogP contribution >= 0.6 is 0 Å². The van der Waals surface area contributed by atoms with Gasteiger partial charge in [0, 0.05) is 51.8 Å². The minimum atomic E-state index is -0.796. The van der Waals surface area contributed by atoms with E-state index in [1.807, 2.05) is 47.4 Å². The molecule has 0 saturated carbocycles. The number of hydrogen-bond donors (Lipinski definition) is 0. The molecule has 182 valence electrons. The van der Waals surface area contributed by atoms with Crippen molar-refractivity contribution in [3.8, 4) is 0 Å². The van der Waals surface area contributed by atoms with Crippen molar-refractivity contribution in [2.45, 2.75) is 37.8 Å². The third kappa shape index (κ3) is 6.23. The van der Waals surface area contributed by atoms with Gasteiger partial charge in [-0.15, -0.1) is 0 Å². The first-order valence-corrected chi connectivity index (χ1v) is 11.9. The van der Waals surface area contributed by atoms with Crippen LogP contribution < -0.4 is 0 Å². The smallest absolute Gasteiger partial charge is 0.410 e. The Labute approximate surface area is 205 Å². The van der Waals surface area contributed by atoms with Crippen LogP contribution in [-0.2, 0) is 28.1 Å². The predicted octanol–water partition coefficient (Wildman–Crippen LogP) is 4.94. The van der Waals surface area contributed by atoms with Gasteiger partial charge in [0.2, 0.25) is 5.91 Å². The molecule has 0 radical (unpaired) electrons. The molecule has 3 aromatic rings. The van der Waals surface area contributed by atoms with E-state index < -0.39 is 11.7 Å². The van der Waals surface area contributed by atoms with E-state index in [1.54, 1.807) is 36.5 Å². The molecule has 0 bridgehead atoms. The summed E-state index contributed by atoms with van der Waals surface area (Å²) < 4.78 is 19.3. The Kier molecular flexibility index (Phi) is 7.75. The quantitative estimate of drug-likeness (QED) is 0.486. The van der Waals surface area contributed by atoms with Gasteiger partial charge in [0.25, 0.3) is 0 Å². The van der Waals surface area contributed by atoms with Crippen molar-refractivity contribution >= 4 is 12.0 Å². The Morgan fingerprint density at radius 3 is 2.37 bits per heavy atom. The number of benzene rings is 2. The van der Waals surface area contributed by atoms with Crippen LogP contribution in [0.2, 0.25) is 0 Å². The first-order chi connectivity index (χ1) is 16.9. The molecule has 7 heteroatoms. The number of ether oxygens (including phenoxy) is 1. The lowest BCUT2D eigenvalue weighted by atomic mass is 9.84. The summed E-state index contributed by atoms with van der Waals surface area (Å²) in [5.41, 5.74) is 1.99. The lowest BCUT2D eigenvalue weighted by molar-refractivity contribution is -0.136. The van der Waals surface area contributed by atoms with E-state index in [1.165, 1.54) is 12.1 Å². The summed E-state index contributed by atoms with van der Waals surface area (Å²) >= 11 is 0. The number of amides is 2. The van der Waals surface area contributed by atoms with Gasteiger partial charge < -0.3 is 14.5 Å². The highest BCUT2D eigenvalue weighted by atomic mass is 19.1. The second-order valence-electron chi connectivity index (χ2n) is 8.95. The zero-order chi connectivity index (χ0) is 24.7.